The summed E-state index contributed by atoms with van der Waals surface area (Å²) in [5.41, 5.74) is 6.79. The van der Waals surface area contributed by atoms with Crippen molar-refractivity contribution in [3.05, 3.63) is 24.2 Å². The summed E-state index contributed by atoms with van der Waals surface area (Å²) in [6.07, 6.45) is 2.94. The van der Waals surface area contributed by atoms with Crippen molar-refractivity contribution in [1.82, 2.24) is 20.2 Å². The van der Waals surface area contributed by atoms with E-state index in [1.54, 1.807) is 19.2 Å². The van der Waals surface area contributed by atoms with E-state index in [0.717, 1.165) is 0 Å². The maximum Gasteiger partial charge on any atom is 0.344 e. The van der Waals surface area contributed by atoms with Crippen LogP contribution in [0, 0.1) is 0 Å². The molecule has 7 heteroatoms. The van der Waals surface area contributed by atoms with Crippen LogP contribution in [0.3, 0.4) is 0 Å². The Balaban J connectivity index is 2.46. The van der Waals surface area contributed by atoms with Gasteiger partial charge in [0, 0.05) is 6.20 Å². The summed E-state index contributed by atoms with van der Waals surface area (Å²) >= 11 is 0. The number of rotatable bonds is 3. The Kier molecular flexibility index (Phi) is 2.99. The Labute approximate surface area is 97.0 Å². The van der Waals surface area contributed by atoms with Crippen molar-refractivity contribution in [2.24, 2.45) is 0 Å². The molecule has 0 fully saturated rings. The Morgan fingerprint density at radius 1 is 1.59 bits per heavy atom. The number of nitrogens with two attached hydrogens (primary N) is 1. The lowest BCUT2D eigenvalue weighted by atomic mass is 10.2. The minimum atomic E-state index is -0.521. The highest BCUT2D eigenvalue weighted by Crippen LogP contribution is 2.23. The number of ether oxygens (including phenoxy) is 1. The molecule has 0 spiro atoms. The molecule has 0 unspecified atom stereocenters. The highest BCUT2D eigenvalue weighted by Gasteiger charge is 2.21. The van der Waals surface area contributed by atoms with Crippen LogP contribution < -0.4 is 5.73 Å². The second-order valence-electron chi connectivity index (χ2n) is 3.17. The third kappa shape index (κ3) is 2.07. The van der Waals surface area contributed by atoms with Crippen molar-refractivity contribution in [2.45, 2.75) is 6.92 Å². The molecule has 3 N–H and O–H groups in total. The summed E-state index contributed by atoms with van der Waals surface area (Å²) in [4.78, 5) is 19.5. The molecule has 0 aromatic carbocycles. The number of aromatic nitrogens is 4. The summed E-state index contributed by atoms with van der Waals surface area (Å²) in [5, 5.41) is 6.45. The third-order valence-electron chi connectivity index (χ3n) is 2.11. The molecule has 0 aliphatic carbocycles. The van der Waals surface area contributed by atoms with E-state index in [1.807, 2.05) is 0 Å². The van der Waals surface area contributed by atoms with Gasteiger partial charge in [-0.2, -0.15) is 5.10 Å². The molecule has 2 aromatic heterocycles. The van der Waals surface area contributed by atoms with Crippen LogP contribution in [0.1, 0.15) is 17.3 Å². The minimum Gasteiger partial charge on any atom is -0.462 e. The number of anilines is 1. The standard InChI is InChI=1S/C10H11N5O2/c1-2-17-10(16)7-8(14-15-9(7)11)6-3-4-12-5-13-6/h3-5H,2H2,1H3,(H3,11,14,15). The maximum atomic E-state index is 11.7. The first-order chi connectivity index (χ1) is 8.24. The fourth-order valence-corrected chi connectivity index (χ4v) is 1.39. The average molecular weight is 233 g/mol. The molecule has 0 radical (unpaired) electrons. The Morgan fingerprint density at radius 2 is 2.41 bits per heavy atom. The molecule has 0 bridgehead atoms. The van der Waals surface area contributed by atoms with Gasteiger partial charge in [0.2, 0.25) is 0 Å². The zero-order valence-electron chi connectivity index (χ0n) is 9.17. The van der Waals surface area contributed by atoms with Crippen LogP contribution in [0.4, 0.5) is 5.82 Å². The first kappa shape index (κ1) is 11.1. The van der Waals surface area contributed by atoms with Gasteiger partial charge in [-0.1, -0.05) is 0 Å². The predicted octanol–water partition coefficient (Wildman–Crippen LogP) is 0.626. The van der Waals surface area contributed by atoms with Gasteiger partial charge < -0.3 is 10.5 Å². The number of nitrogens with zero attached hydrogens (tertiary/aromatic N) is 3. The molecule has 17 heavy (non-hydrogen) atoms. The molecule has 0 amide bonds. The highest BCUT2D eigenvalue weighted by atomic mass is 16.5. The van der Waals surface area contributed by atoms with Crippen LogP contribution in [0.2, 0.25) is 0 Å². The molecule has 2 rings (SSSR count). The first-order valence-electron chi connectivity index (χ1n) is 5.01. The topological polar surface area (TPSA) is 107 Å². The van der Waals surface area contributed by atoms with Gasteiger partial charge in [-0.25, -0.2) is 14.8 Å². The lowest BCUT2D eigenvalue weighted by Crippen LogP contribution is -2.08. The molecular weight excluding hydrogens is 222 g/mol. The minimum absolute atomic E-state index is 0.0945. The van der Waals surface area contributed by atoms with Crippen LogP contribution in [0.15, 0.2) is 18.6 Å². The van der Waals surface area contributed by atoms with Crippen molar-refractivity contribution in [3.63, 3.8) is 0 Å². The number of hydrogen-bond donors (Lipinski definition) is 2. The van der Waals surface area contributed by atoms with Gasteiger partial charge in [0.15, 0.2) is 5.82 Å². The van der Waals surface area contributed by atoms with Gasteiger partial charge in [-0.05, 0) is 13.0 Å². The first-order valence-corrected chi connectivity index (χ1v) is 5.01. The number of hydrogen-bond acceptors (Lipinski definition) is 6. The zero-order chi connectivity index (χ0) is 12.3. The molecule has 0 atom stereocenters. The molecule has 2 heterocycles. The average Bonchev–Trinajstić information content (AvgIpc) is 2.73. The number of nitrogen functional groups attached to an aromatic ring is 1. The lowest BCUT2D eigenvalue weighted by Gasteiger charge is -2.02. The summed E-state index contributed by atoms with van der Waals surface area (Å²) < 4.78 is 4.91. The normalized spacial score (nSPS) is 10.2. The quantitative estimate of drug-likeness (QED) is 0.753. The number of H-pyrrole nitrogens is 1. The van der Waals surface area contributed by atoms with Crippen molar-refractivity contribution < 1.29 is 9.53 Å². The molecule has 0 aliphatic rings. The van der Waals surface area contributed by atoms with E-state index in [-0.39, 0.29) is 18.0 Å². The van der Waals surface area contributed by atoms with Gasteiger partial charge in [0.25, 0.3) is 0 Å². The fourth-order valence-electron chi connectivity index (χ4n) is 1.39. The molecule has 2 aromatic rings. The molecule has 0 saturated carbocycles. The number of nitrogens with one attached hydrogen (secondary N) is 1. The van der Waals surface area contributed by atoms with Crippen molar-refractivity contribution in [2.75, 3.05) is 12.3 Å². The van der Waals surface area contributed by atoms with Gasteiger partial charge in [-0.15, -0.1) is 0 Å². The van der Waals surface area contributed by atoms with E-state index in [9.17, 15) is 4.79 Å². The lowest BCUT2D eigenvalue weighted by molar-refractivity contribution is 0.0528. The second-order valence-corrected chi connectivity index (χ2v) is 3.17. The number of esters is 1. The molecule has 7 nitrogen and oxygen atoms in total. The van der Waals surface area contributed by atoms with Crippen molar-refractivity contribution in [3.8, 4) is 11.4 Å². The summed E-state index contributed by atoms with van der Waals surface area (Å²) in [6, 6.07) is 1.65. The Morgan fingerprint density at radius 3 is 3.06 bits per heavy atom. The Bertz CT molecular complexity index is 523. The maximum absolute atomic E-state index is 11.7. The predicted molar refractivity (Wildman–Crippen MR) is 60.0 cm³/mol. The molecular formula is C10H11N5O2. The summed E-state index contributed by atoms with van der Waals surface area (Å²) in [5.74, 6) is -0.426. The summed E-state index contributed by atoms with van der Waals surface area (Å²) in [6.45, 7) is 1.99. The fraction of sp³-hybridized carbons (Fsp3) is 0.200. The van der Waals surface area contributed by atoms with E-state index in [4.69, 9.17) is 10.5 Å². The highest BCUT2D eigenvalue weighted by molar-refractivity contribution is 6.00. The second kappa shape index (κ2) is 4.60. The van der Waals surface area contributed by atoms with E-state index in [0.29, 0.717) is 11.4 Å². The van der Waals surface area contributed by atoms with Gasteiger partial charge in [0.05, 0.1) is 12.3 Å². The third-order valence-corrected chi connectivity index (χ3v) is 2.11. The largest absolute Gasteiger partial charge is 0.462 e. The van der Waals surface area contributed by atoms with Crippen LogP contribution in [0.5, 0.6) is 0 Å². The number of carbonyl (C=O) groups is 1. The van der Waals surface area contributed by atoms with Crippen LogP contribution in [0.25, 0.3) is 11.4 Å². The molecule has 0 aliphatic heterocycles. The van der Waals surface area contributed by atoms with E-state index < -0.39 is 5.97 Å². The zero-order valence-corrected chi connectivity index (χ0v) is 9.17. The van der Waals surface area contributed by atoms with Crippen molar-refractivity contribution in [1.29, 1.82) is 0 Å². The smallest absolute Gasteiger partial charge is 0.344 e. The van der Waals surface area contributed by atoms with Gasteiger partial charge in [-0.3, -0.25) is 5.10 Å². The van der Waals surface area contributed by atoms with Gasteiger partial charge in [0.1, 0.15) is 17.6 Å². The van der Waals surface area contributed by atoms with Crippen LogP contribution >= 0.6 is 0 Å². The van der Waals surface area contributed by atoms with Crippen molar-refractivity contribution >= 4 is 11.8 Å². The number of carbonyl (C=O) groups excluding carboxylic acids is 1. The van der Waals surface area contributed by atoms with Crippen LogP contribution in [-0.4, -0.2) is 32.7 Å². The summed E-state index contributed by atoms with van der Waals surface area (Å²) in [7, 11) is 0. The SMILES string of the molecule is CCOC(=O)c1c(N)n[nH]c1-c1ccncn1. The number of aromatic amines is 1. The van der Waals surface area contributed by atoms with E-state index in [2.05, 4.69) is 20.2 Å². The monoisotopic (exact) mass is 233 g/mol. The van der Waals surface area contributed by atoms with E-state index >= 15 is 0 Å². The molecule has 88 valence electrons. The Hall–Kier alpha value is -2.44. The molecule has 0 saturated heterocycles. The van der Waals surface area contributed by atoms with E-state index in [1.165, 1.54) is 6.33 Å². The van der Waals surface area contributed by atoms with Crippen LogP contribution in [-0.2, 0) is 4.74 Å². The van der Waals surface area contributed by atoms with Gasteiger partial charge >= 0.3 is 5.97 Å².